The highest BCUT2D eigenvalue weighted by molar-refractivity contribution is 7.88. The van der Waals surface area contributed by atoms with E-state index in [1.807, 2.05) is 19.1 Å². The number of piperidine rings is 1. The number of aryl methyl sites for hydroxylation is 1. The molecule has 7 nitrogen and oxygen atoms in total. The zero-order chi connectivity index (χ0) is 19.4. The van der Waals surface area contributed by atoms with Crippen molar-refractivity contribution >= 4 is 15.9 Å². The molecule has 1 aromatic rings. The first-order chi connectivity index (χ1) is 12.8. The van der Waals surface area contributed by atoms with Crippen LogP contribution >= 0.6 is 0 Å². The third-order valence-electron chi connectivity index (χ3n) is 5.49. The fourth-order valence-corrected chi connectivity index (χ4v) is 4.66. The van der Waals surface area contributed by atoms with Gasteiger partial charge in [-0.3, -0.25) is 4.79 Å². The maximum absolute atomic E-state index is 12.5. The topological polar surface area (TPSA) is 88.6 Å². The van der Waals surface area contributed by atoms with Gasteiger partial charge in [-0.05, 0) is 51.0 Å². The minimum Gasteiger partial charge on any atom is -0.474 e. The Morgan fingerprint density at radius 2 is 1.81 bits per heavy atom. The average Bonchev–Trinajstić information content (AvgIpc) is 2.64. The number of nitrogens with one attached hydrogen (secondary N) is 1. The summed E-state index contributed by atoms with van der Waals surface area (Å²) in [6.45, 7) is 2.86. The minimum absolute atomic E-state index is 0.0627. The molecule has 1 aliphatic carbocycles. The molecular formula is C19H29N3O4S. The molecule has 2 aliphatic rings. The second-order valence-electron chi connectivity index (χ2n) is 7.71. The van der Waals surface area contributed by atoms with Crippen molar-refractivity contribution < 1.29 is 17.9 Å². The molecule has 2 heterocycles. The summed E-state index contributed by atoms with van der Waals surface area (Å²) in [6.07, 6.45) is 7.93. The van der Waals surface area contributed by atoms with Crippen molar-refractivity contribution in [1.82, 2.24) is 14.6 Å². The van der Waals surface area contributed by atoms with E-state index in [0.717, 1.165) is 31.2 Å². The predicted octanol–water partition coefficient (Wildman–Crippen LogP) is 1.87. The van der Waals surface area contributed by atoms with Crippen LogP contribution in [0, 0.1) is 12.8 Å². The van der Waals surface area contributed by atoms with E-state index in [0.29, 0.717) is 31.8 Å². The summed E-state index contributed by atoms with van der Waals surface area (Å²) < 4.78 is 30.5. The summed E-state index contributed by atoms with van der Waals surface area (Å²) in [5.74, 6) is 0.632. The molecule has 0 spiro atoms. The van der Waals surface area contributed by atoms with Crippen molar-refractivity contribution in [2.75, 3.05) is 19.3 Å². The molecule has 2 fully saturated rings. The van der Waals surface area contributed by atoms with Crippen molar-refractivity contribution in [1.29, 1.82) is 0 Å². The molecule has 1 N–H and O–H groups in total. The Bertz CT molecular complexity index is 735. The molecule has 150 valence electrons. The van der Waals surface area contributed by atoms with E-state index >= 15 is 0 Å². The van der Waals surface area contributed by atoms with Crippen molar-refractivity contribution in [2.45, 2.75) is 57.6 Å². The number of nitrogens with zero attached hydrogens (tertiary/aromatic N) is 2. The molecule has 0 aromatic carbocycles. The average molecular weight is 396 g/mol. The molecule has 1 aliphatic heterocycles. The first-order valence-corrected chi connectivity index (χ1v) is 11.5. The highest BCUT2D eigenvalue weighted by Gasteiger charge is 2.31. The van der Waals surface area contributed by atoms with Crippen molar-refractivity contribution in [2.24, 2.45) is 5.92 Å². The van der Waals surface area contributed by atoms with Gasteiger partial charge >= 0.3 is 0 Å². The number of sulfonamides is 1. The fraction of sp³-hybridized carbons (Fsp3) is 0.684. The Hall–Kier alpha value is -1.67. The van der Waals surface area contributed by atoms with Crippen LogP contribution in [0.15, 0.2) is 18.3 Å². The van der Waals surface area contributed by atoms with Crippen LogP contribution in [0.25, 0.3) is 0 Å². The third kappa shape index (κ3) is 5.65. The van der Waals surface area contributed by atoms with Gasteiger partial charge in [0.25, 0.3) is 0 Å². The summed E-state index contributed by atoms with van der Waals surface area (Å²) in [5.41, 5.74) is 1.11. The van der Waals surface area contributed by atoms with Gasteiger partial charge in [0.05, 0.1) is 6.26 Å². The number of pyridine rings is 1. The zero-order valence-electron chi connectivity index (χ0n) is 16.1. The summed E-state index contributed by atoms with van der Waals surface area (Å²) in [6, 6.07) is 4.06. The quantitative estimate of drug-likeness (QED) is 0.822. The van der Waals surface area contributed by atoms with Crippen LogP contribution in [-0.4, -0.2) is 55.1 Å². The Balaban J connectivity index is 1.40. The van der Waals surface area contributed by atoms with Crippen LogP contribution < -0.4 is 10.1 Å². The third-order valence-corrected chi connectivity index (χ3v) is 6.79. The first-order valence-electron chi connectivity index (χ1n) is 9.66. The van der Waals surface area contributed by atoms with Crippen molar-refractivity contribution in [3.63, 3.8) is 0 Å². The number of ether oxygens (including phenoxy) is 1. The Morgan fingerprint density at radius 1 is 1.15 bits per heavy atom. The molecule has 0 bridgehead atoms. The lowest BCUT2D eigenvalue weighted by atomic mass is 9.91. The molecule has 0 atom stereocenters. The molecule has 3 rings (SSSR count). The van der Waals surface area contributed by atoms with Crippen LogP contribution in [0.2, 0.25) is 0 Å². The largest absolute Gasteiger partial charge is 0.474 e. The van der Waals surface area contributed by atoms with Crippen LogP contribution in [0.5, 0.6) is 5.88 Å². The van der Waals surface area contributed by atoms with Crippen LogP contribution in [-0.2, 0) is 14.8 Å². The van der Waals surface area contributed by atoms with Gasteiger partial charge in [-0.2, -0.15) is 0 Å². The summed E-state index contributed by atoms with van der Waals surface area (Å²) in [4.78, 5) is 16.8. The lowest BCUT2D eigenvalue weighted by molar-refractivity contribution is -0.127. The second-order valence-corrected chi connectivity index (χ2v) is 9.69. The SMILES string of the molecule is Cc1ccc(OC2CCC(NC(=O)C3CCN(S(C)(=O)=O)CC3)CC2)nc1. The van der Waals surface area contributed by atoms with Gasteiger partial charge in [0.15, 0.2) is 0 Å². The first kappa shape index (κ1) is 20.1. The van der Waals surface area contributed by atoms with Crippen LogP contribution in [0.1, 0.15) is 44.1 Å². The molecule has 27 heavy (non-hydrogen) atoms. The lowest BCUT2D eigenvalue weighted by Crippen LogP contribution is -2.46. The van der Waals surface area contributed by atoms with Gasteiger partial charge in [0, 0.05) is 37.3 Å². The Labute approximate surface area is 161 Å². The highest BCUT2D eigenvalue weighted by atomic mass is 32.2. The molecule has 0 unspecified atom stereocenters. The van der Waals surface area contributed by atoms with E-state index in [4.69, 9.17) is 4.74 Å². The zero-order valence-corrected chi connectivity index (χ0v) is 16.9. The van der Waals surface area contributed by atoms with E-state index < -0.39 is 10.0 Å². The number of aromatic nitrogens is 1. The van der Waals surface area contributed by atoms with Gasteiger partial charge in [0.1, 0.15) is 6.10 Å². The number of carbonyl (C=O) groups excluding carboxylic acids is 1. The number of rotatable bonds is 5. The van der Waals surface area contributed by atoms with Crippen LogP contribution in [0.4, 0.5) is 0 Å². The summed E-state index contributed by atoms with van der Waals surface area (Å²) in [7, 11) is -3.15. The van der Waals surface area contributed by atoms with Crippen LogP contribution in [0.3, 0.4) is 0 Å². The van der Waals surface area contributed by atoms with E-state index in [1.54, 1.807) is 6.20 Å². The maximum atomic E-state index is 12.5. The Morgan fingerprint density at radius 3 is 2.37 bits per heavy atom. The number of amides is 1. The molecule has 0 radical (unpaired) electrons. The second kappa shape index (κ2) is 8.56. The summed E-state index contributed by atoms with van der Waals surface area (Å²) >= 11 is 0. The summed E-state index contributed by atoms with van der Waals surface area (Å²) in [5, 5.41) is 3.16. The van der Waals surface area contributed by atoms with E-state index in [2.05, 4.69) is 10.3 Å². The number of carbonyl (C=O) groups is 1. The molecule has 8 heteroatoms. The lowest BCUT2D eigenvalue weighted by Gasteiger charge is -2.33. The van der Waals surface area contributed by atoms with Crippen molar-refractivity contribution in [3.8, 4) is 5.88 Å². The molecule has 1 saturated heterocycles. The van der Waals surface area contributed by atoms with Gasteiger partial charge in [-0.25, -0.2) is 17.7 Å². The number of hydrogen-bond donors (Lipinski definition) is 1. The minimum atomic E-state index is -3.15. The standard InChI is InChI=1S/C19H29N3O4S/c1-14-3-8-18(20-13-14)26-17-6-4-16(5-7-17)21-19(23)15-9-11-22(12-10-15)27(2,24)25/h3,8,13,15-17H,4-7,9-12H2,1-2H3,(H,21,23). The van der Waals surface area contributed by atoms with Crippen molar-refractivity contribution in [3.05, 3.63) is 23.9 Å². The van der Waals surface area contributed by atoms with Gasteiger partial charge in [0.2, 0.25) is 21.8 Å². The van der Waals surface area contributed by atoms with Gasteiger partial charge < -0.3 is 10.1 Å². The monoisotopic (exact) mass is 395 g/mol. The fourth-order valence-electron chi connectivity index (χ4n) is 3.79. The molecule has 1 saturated carbocycles. The smallest absolute Gasteiger partial charge is 0.223 e. The maximum Gasteiger partial charge on any atom is 0.223 e. The predicted molar refractivity (Wildman–Crippen MR) is 103 cm³/mol. The van der Waals surface area contributed by atoms with E-state index in [-0.39, 0.29) is 24.0 Å². The van der Waals surface area contributed by atoms with Gasteiger partial charge in [-0.15, -0.1) is 0 Å². The number of hydrogen-bond acceptors (Lipinski definition) is 5. The van der Waals surface area contributed by atoms with E-state index in [1.165, 1.54) is 10.6 Å². The highest BCUT2D eigenvalue weighted by Crippen LogP contribution is 2.25. The van der Waals surface area contributed by atoms with E-state index in [9.17, 15) is 13.2 Å². The molecule has 1 amide bonds. The normalized spacial score (nSPS) is 25.1. The molecule has 1 aromatic heterocycles. The Kier molecular flexibility index (Phi) is 6.37. The molecular weight excluding hydrogens is 366 g/mol. The van der Waals surface area contributed by atoms with Gasteiger partial charge in [-0.1, -0.05) is 6.07 Å².